The van der Waals surface area contributed by atoms with Crippen molar-refractivity contribution in [1.82, 2.24) is 0 Å². The highest BCUT2D eigenvalue weighted by atomic mass is 16.6. The molecule has 6 nitrogen and oxygen atoms in total. The molecule has 0 saturated carbocycles. The molecule has 0 spiro atoms. The Kier molecular flexibility index (Phi) is 4.02. The van der Waals surface area contributed by atoms with E-state index < -0.39 is 4.92 Å². The number of ether oxygens (including phenoxy) is 1. The normalized spacial score (nSPS) is 10.0. The van der Waals surface area contributed by atoms with Crippen molar-refractivity contribution in [3.63, 3.8) is 0 Å². The van der Waals surface area contributed by atoms with Crippen molar-refractivity contribution < 1.29 is 9.66 Å². The van der Waals surface area contributed by atoms with Gasteiger partial charge in [-0.25, -0.2) is 0 Å². The second kappa shape index (κ2) is 5.28. The van der Waals surface area contributed by atoms with Crippen LogP contribution in [0.2, 0.25) is 0 Å². The maximum absolute atomic E-state index is 10.5. The number of nitro benzene ring substituents is 1. The van der Waals surface area contributed by atoms with Crippen molar-refractivity contribution in [1.29, 1.82) is 0 Å². The molecule has 0 aromatic heterocycles. The van der Waals surface area contributed by atoms with E-state index in [4.69, 9.17) is 10.6 Å². The monoisotopic (exact) mass is 211 g/mol. The molecule has 1 rings (SSSR count). The van der Waals surface area contributed by atoms with Crippen LogP contribution in [0.15, 0.2) is 18.2 Å². The molecule has 1 aromatic rings. The van der Waals surface area contributed by atoms with Crippen LogP contribution in [0.25, 0.3) is 0 Å². The fourth-order valence-electron chi connectivity index (χ4n) is 1.17. The molecule has 0 radical (unpaired) electrons. The number of rotatable bonds is 5. The Bertz CT molecular complexity index is 354. The van der Waals surface area contributed by atoms with E-state index in [-0.39, 0.29) is 5.69 Å². The molecule has 0 heterocycles. The molecular formula is C9H13N3O3. The minimum Gasteiger partial charge on any atom is -0.377 e. The molecular weight excluding hydrogens is 198 g/mol. The number of hydrazine groups is 1. The van der Waals surface area contributed by atoms with Gasteiger partial charge in [-0.05, 0) is 13.0 Å². The molecule has 0 amide bonds. The Labute approximate surface area is 87.2 Å². The Morgan fingerprint density at radius 2 is 2.33 bits per heavy atom. The van der Waals surface area contributed by atoms with Gasteiger partial charge in [-0.2, -0.15) is 0 Å². The smallest absolute Gasteiger partial charge is 0.269 e. The lowest BCUT2D eigenvalue weighted by Crippen LogP contribution is -2.10. The van der Waals surface area contributed by atoms with Crippen molar-refractivity contribution in [2.45, 2.75) is 13.5 Å². The summed E-state index contributed by atoms with van der Waals surface area (Å²) in [5.74, 6) is 5.27. The average molecular weight is 211 g/mol. The van der Waals surface area contributed by atoms with E-state index in [1.807, 2.05) is 6.92 Å². The van der Waals surface area contributed by atoms with Crippen LogP contribution in [-0.4, -0.2) is 11.5 Å². The van der Waals surface area contributed by atoms with Crippen LogP contribution in [0.4, 0.5) is 11.4 Å². The molecule has 0 unspecified atom stereocenters. The van der Waals surface area contributed by atoms with Crippen LogP contribution >= 0.6 is 0 Å². The lowest BCUT2D eigenvalue weighted by atomic mass is 10.1. The van der Waals surface area contributed by atoms with Crippen molar-refractivity contribution in [2.75, 3.05) is 12.0 Å². The Morgan fingerprint density at radius 3 is 2.87 bits per heavy atom. The summed E-state index contributed by atoms with van der Waals surface area (Å²) >= 11 is 0. The summed E-state index contributed by atoms with van der Waals surface area (Å²) in [6.07, 6.45) is 0. The molecule has 0 aliphatic heterocycles. The molecule has 0 aliphatic rings. The molecule has 1 aromatic carbocycles. The van der Waals surface area contributed by atoms with E-state index in [2.05, 4.69) is 5.43 Å². The van der Waals surface area contributed by atoms with Gasteiger partial charge in [-0.3, -0.25) is 16.0 Å². The number of nitrogens with one attached hydrogen (secondary N) is 1. The summed E-state index contributed by atoms with van der Waals surface area (Å²) in [6.45, 7) is 2.71. The van der Waals surface area contributed by atoms with Gasteiger partial charge < -0.3 is 10.2 Å². The number of hydrogen-bond donors (Lipinski definition) is 2. The zero-order chi connectivity index (χ0) is 11.3. The summed E-state index contributed by atoms with van der Waals surface area (Å²) < 4.78 is 5.18. The van der Waals surface area contributed by atoms with Crippen LogP contribution in [0.5, 0.6) is 0 Å². The van der Waals surface area contributed by atoms with Gasteiger partial charge in [-0.15, -0.1) is 0 Å². The number of nitrogen functional groups attached to an aromatic ring is 1. The topological polar surface area (TPSA) is 90.4 Å². The number of anilines is 1. The number of nitrogens with two attached hydrogens (primary N) is 1. The van der Waals surface area contributed by atoms with Crippen LogP contribution in [0, 0.1) is 10.1 Å². The van der Waals surface area contributed by atoms with E-state index in [1.165, 1.54) is 12.1 Å². The minimum absolute atomic E-state index is 0.0312. The predicted molar refractivity (Wildman–Crippen MR) is 56.2 cm³/mol. The first-order chi connectivity index (χ1) is 7.19. The molecule has 0 saturated heterocycles. The van der Waals surface area contributed by atoms with E-state index in [0.717, 1.165) is 0 Å². The first-order valence-corrected chi connectivity index (χ1v) is 4.50. The van der Waals surface area contributed by atoms with Crippen LogP contribution in [0.1, 0.15) is 12.5 Å². The van der Waals surface area contributed by atoms with E-state index >= 15 is 0 Å². The number of non-ortho nitro benzene ring substituents is 1. The summed E-state index contributed by atoms with van der Waals surface area (Å²) in [5.41, 5.74) is 3.81. The standard InChI is InChI=1S/C9H13N3O3/c1-2-15-6-7-5-8(12(13)14)3-4-9(7)11-10/h3-5,11H,2,6,10H2,1H3. The fourth-order valence-corrected chi connectivity index (χ4v) is 1.17. The van der Waals surface area contributed by atoms with Crippen molar-refractivity contribution in [3.8, 4) is 0 Å². The fraction of sp³-hybridized carbons (Fsp3) is 0.333. The Morgan fingerprint density at radius 1 is 1.60 bits per heavy atom. The van der Waals surface area contributed by atoms with Gasteiger partial charge in [-0.1, -0.05) is 0 Å². The maximum atomic E-state index is 10.5. The molecule has 0 bridgehead atoms. The maximum Gasteiger partial charge on any atom is 0.269 e. The van der Waals surface area contributed by atoms with Gasteiger partial charge in [0.25, 0.3) is 5.69 Å². The zero-order valence-electron chi connectivity index (χ0n) is 8.40. The van der Waals surface area contributed by atoms with Gasteiger partial charge in [0, 0.05) is 24.3 Å². The SMILES string of the molecule is CCOCc1cc([N+](=O)[O-])ccc1NN. The summed E-state index contributed by atoms with van der Waals surface area (Å²) in [6, 6.07) is 4.40. The van der Waals surface area contributed by atoms with E-state index in [1.54, 1.807) is 6.07 Å². The van der Waals surface area contributed by atoms with Crippen molar-refractivity contribution >= 4 is 11.4 Å². The highest BCUT2D eigenvalue weighted by molar-refractivity contribution is 5.55. The first kappa shape index (κ1) is 11.4. The Hall–Kier alpha value is -1.66. The minimum atomic E-state index is -0.449. The number of benzene rings is 1. The zero-order valence-corrected chi connectivity index (χ0v) is 8.40. The van der Waals surface area contributed by atoms with Crippen LogP contribution in [0.3, 0.4) is 0 Å². The quantitative estimate of drug-likeness (QED) is 0.436. The van der Waals surface area contributed by atoms with Crippen LogP contribution in [-0.2, 0) is 11.3 Å². The summed E-state index contributed by atoms with van der Waals surface area (Å²) in [4.78, 5) is 10.1. The van der Waals surface area contributed by atoms with Gasteiger partial charge in [0.2, 0.25) is 0 Å². The van der Waals surface area contributed by atoms with Gasteiger partial charge in [0.05, 0.1) is 17.2 Å². The lowest BCUT2D eigenvalue weighted by molar-refractivity contribution is -0.384. The third-order valence-corrected chi connectivity index (χ3v) is 1.92. The van der Waals surface area contributed by atoms with Crippen molar-refractivity contribution in [2.24, 2.45) is 5.84 Å². The second-order valence-electron chi connectivity index (χ2n) is 2.88. The second-order valence-corrected chi connectivity index (χ2v) is 2.88. The van der Waals surface area contributed by atoms with Crippen LogP contribution < -0.4 is 11.3 Å². The highest BCUT2D eigenvalue weighted by Crippen LogP contribution is 2.21. The molecule has 82 valence electrons. The largest absolute Gasteiger partial charge is 0.377 e. The third-order valence-electron chi connectivity index (χ3n) is 1.92. The molecule has 0 fully saturated rings. The van der Waals surface area contributed by atoms with E-state index in [9.17, 15) is 10.1 Å². The summed E-state index contributed by atoms with van der Waals surface area (Å²) in [7, 11) is 0. The number of hydrogen-bond acceptors (Lipinski definition) is 5. The van der Waals surface area contributed by atoms with Gasteiger partial charge in [0.15, 0.2) is 0 Å². The Balaban J connectivity index is 2.96. The number of nitro groups is 1. The molecule has 3 N–H and O–H groups in total. The molecule has 15 heavy (non-hydrogen) atoms. The molecule has 6 heteroatoms. The van der Waals surface area contributed by atoms with Gasteiger partial charge >= 0.3 is 0 Å². The van der Waals surface area contributed by atoms with E-state index in [0.29, 0.717) is 24.5 Å². The van der Waals surface area contributed by atoms with Crippen molar-refractivity contribution in [3.05, 3.63) is 33.9 Å². The average Bonchev–Trinajstić information content (AvgIpc) is 2.25. The third kappa shape index (κ3) is 2.90. The number of nitrogens with zero attached hydrogens (tertiary/aromatic N) is 1. The molecule has 0 atom stereocenters. The predicted octanol–water partition coefficient (Wildman–Crippen LogP) is 1.42. The first-order valence-electron chi connectivity index (χ1n) is 4.50. The summed E-state index contributed by atoms with van der Waals surface area (Å²) in [5, 5.41) is 10.5. The highest BCUT2D eigenvalue weighted by Gasteiger charge is 2.09. The molecule has 0 aliphatic carbocycles. The van der Waals surface area contributed by atoms with Gasteiger partial charge in [0.1, 0.15) is 0 Å². The lowest BCUT2D eigenvalue weighted by Gasteiger charge is -2.08.